The van der Waals surface area contributed by atoms with E-state index in [1.165, 1.54) is 12.7 Å². The molecule has 1 unspecified atom stereocenters. The SMILES string of the molecule is COC(=O)C1CC(C(CC(C)(C)c2ccccc2)NC(=O)OC(C)(C)C)C1. The van der Waals surface area contributed by atoms with Crippen molar-refractivity contribution in [1.29, 1.82) is 0 Å². The van der Waals surface area contributed by atoms with Gasteiger partial charge in [-0.2, -0.15) is 0 Å². The molecule has 1 atom stereocenters. The van der Waals surface area contributed by atoms with E-state index in [1.807, 2.05) is 39.0 Å². The van der Waals surface area contributed by atoms with Crippen LogP contribution in [0.3, 0.4) is 0 Å². The zero-order chi connectivity index (χ0) is 20.2. The first-order chi connectivity index (χ1) is 12.5. The molecule has 2 rings (SSSR count). The number of carbonyl (C=O) groups excluding carboxylic acids is 2. The Hall–Kier alpha value is -2.04. The largest absolute Gasteiger partial charge is 0.469 e. The molecular formula is C22H33NO4. The van der Waals surface area contributed by atoms with Crippen LogP contribution in [0.1, 0.15) is 59.4 Å². The average molecular weight is 376 g/mol. The monoisotopic (exact) mass is 375 g/mol. The molecule has 0 radical (unpaired) electrons. The van der Waals surface area contributed by atoms with E-state index in [1.54, 1.807) is 0 Å². The van der Waals surface area contributed by atoms with Crippen molar-refractivity contribution in [1.82, 2.24) is 5.32 Å². The predicted molar refractivity (Wildman–Crippen MR) is 105 cm³/mol. The molecule has 1 aromatic carbocycles. The van der Waals surface area contributed by atoms with E-state index < -0.39 is 11.7 Å². The number of alkyl carbamates (subject to hydrolysis) is 1. The number of hydrogen-bond donors (Lipinski definition) is 1. The Morgan fingerprint density at radius 2 is 1.70 bits per heavy atom. The smallest absolute Gasteiger partial charge is 0.407 e. The first kappa shape index (κ1) is 21.3. The van der Waals surface area contributed by atoms with Crippen LogP contribution in [0.4, 0.5) is 4.79 Å². The molecule has 1 N–H and O–H groups in total. The van der Waals surface area contributed by atoms with Gasteiger partial charge in [-0.25, -0.2) is 4.79 Å². The van der Waals surface area contributed by atoms with Crippen molar-refractivity contribution in [2.75, 3.05) is 7.11 Å². The van der Waals surface area contributed by atoms with Crippen molar-refractivity contribution >= 4 is 12.1 Å². The first-order valence-electron chi connectivity index (χ1n) is 9.65. The lowest BCUT2D eigenvalue weighted by atomic mass is 9.67. The van der Waals surface area contributed by atoms with Crippen LogP contribution in [0.2, 0.25) is 0 Å². The van der Waals surface area contributed by atoms with Crippen molar-refractivity contribution in [2.24, 2.45) is 11.8 Å². The molecule has 0 spiro atoms. The Morgan fingerprint density at radius 1 is 1.11 bits per heavy atom. The summed E-state index contributed by atoms with van der Waals surface area (Å²) in [5, 5.41) is 3.07. The Kier molecular flexibility index (Phi) is 6.55. The second-order valence-corrected chi connectivity index (χ2v) is 9.16. The van der Waals surface area contributed by atoms with Crippen molar-refractivity contribution in [3.63, 3.8) is 0 Å². The van der Waals surface area contributed by atoms with Crippen molar-refractivity contribution in [3.8, 4) is 0 Å². The van der Waals surface area contributed by atoms with Gasteiger partial charge in [-0.05, 0) is 56.9 Å². The van der Waals surface area contributed by atoms with Gasteiger partial charge >= 0.3 is 12.1 Å². The van der Waals surface area contributed by atoms with Crippen molar-refractivity contribution in [3.05, 3.63) is 35.9 Å². The molecule has 150 valence electrons. The Balaban J connectivity index is 2.10. The van der Waals surface area contributed by atoms with Crippen LogP contribution in [-0.4, -0.2) is 30.8 Å². The van der Waals surface area contributed by atoms with Gasteiger partial charge in [0, 0.05) is 6.04 Å². The van der Waals surface area contributed by atoms with E-state index in [2.05, 4.69) is 31.3 Å². The molecule has 5 heteroatoms. The molecule has 1 aliphatic rings. The first-order valence-corrected chi connectivity index (χ1v) is 9.65. The van der Waals surface area contributed by atoms with Crippen molar-refractivity contribution < 1.29 is 19.1 Å². The summed E-state index contributed by atoms with van der Waals surface area (Å²) in [5.74, 6) is 0.0111. The third-order valence-corrected chi connectivity index (χ3v) is 5.27. The highest BCUT2D eigenvalue weighted by Gasteiger charge is 2.42. The Bertz CT molecular complexity index is 642. The number of methoxy groups -OCH3 is 1. The third kappa shape index (κ3) is 5.98. The predicted octanol–water partition coefficient (Wildman–Crippen LogP) is 4.45. The third-order valence-electron chi connectivity index (χ3n) is 5.27. The van der Waals surface area contributed by atoms with Gasteiger partial charge in [0.1, 0.15) is 5.60 Å². The highest BCUT2D eigenvalue weighted by Crippen LogP contribution is 2.41. The van der Waals surface area contributed by atoms with Gasteiger partial charge in [0.25, 0.3) is 0 Å². The van der Waals surface area contributed by atoms with Crippen LogP contribution >= 0.6 is 0 Å². The lowest BCUT2D eigenvalue weighted by molar-refractivity contribution is -0.150. The second-order valence-electron chi connectivity index (χ2n) is 9.16. The van der Waals surface area contributed by atoms with E-state index in [9.17, 15) is 9.59 Å². The summed E-state index contributed by atoms with van der Waals surface area (Å²) in [7, 11) is 1.42. The number of ether oxygens (including phenoxy) is 2. The minimum absolute atomic E-state index is 0.0593. The van der Waals surface area contributed by atoms with Gasteiger partial charge in [-0.3, -0.25) is 4.79 Å². The van der Waals surface area contributed by atoms with Gasteiger partial charge < -0.3 is 14.8 Å². The van der Waals surface area contributed by atoms with Crippen molar-refractivity contribution in [2.45, 2.75) is 70.9 Å². The summed E-state index contributed by atoms with van der Waals surface area (Å²) < 4.78 is 10.3. The minimum Gasteiger partial charge on any atom is -0.469 e. The summed E-state index contributed by atoms with van der Waals surface area (Å²) in [5.41, 5.74) is 0.569. The fourth-order valence-electron chi connectivity index (χ4n) is 3.70. The van der Waals surface area contributed by atoms with Crippen LogP contribution in [0, 0.1) is 11.8 Å². The zero-order valence-corrected chi connectivity index (χ0v) is 17.4. The molecule has 1 amide bonds. The molecule has 1 fully saturated rings. The van der Waals surface area contributed by atoms with E-state index in [0.717, 1.165) is 19.3 Å². The van der Waals surface area contributed by atoms with Gasteiger partial charge in [-0.15, -0.1) is 0 Å². The number of benzene rings is 1. The maximum Gasteiger partial charge on any atom is 0.407 e. The number of rotatable bonds is 6. The van der Waals surface area contributed by atoms with E-state index in [0.29, 0.717) is 0 Å². The van der Waals surface area contributed by atoms with E-state index >= 15 is 0 Å². The number of nitrogens with one attached hydrogen (secondary N) is 1. The number of amides is 1. The van der Waals surface area contributed by atoms with E-state index in [4.69, 9.17) is 9.47 Å². The lowest BCUT2D eigenvalue weighted by Crippen LogP contribution is -2.50. The maximum atomic E-state index is 12.4. The molecule has 0 aliphatic heterocycles. The van der Waals surface area contributed by atoms with E-state index in [-0.39, 0.29) is 29.3 Å². The van der Waals surface area contributed by atoms with Crippen LogP contribution in [0.25, 0.3) is 0 Å². The van der Waals surface area contributed by atoms with Crippen LogP contribution < -0.4 is 5.32 Å². The highest BCUT2D eigenvalue weighted by molar-refractivity contribution is 5.73. The summed E-state index contributed by atoms with van der Waals surface area (Å²) in [6, 6.07) is 10.2. The molecule has 1 saturated carbocycles. The molecule has 1 aromatic rings. The summed E-state index contributed by atoms with van der Waals surface area (Å²) in [6.07, 6.45) is 1.84. The normalized spacial score (nSPS) is 21.0. The number of hydrogen-bond acceptors (Lipinski definition) is 4. The maximum absolute atomic E-state index is 12.4. The summed E-state index contributed by atoms with van der Waals surface area (Å²) >= 11 is 0. The lowest BCUT2D eigenvalue weighted by Gasteiger charge is -2.42. The fourth-order valence-corrected chi connectivity index (χ4v) is 3.70. The summed E-state index contributed by atoms with van der Waals surface area (Å²) in [4.78, 5) is 24.1. The number of carbonyl (C=O) groups is 2. The molecule has 0 aromatic heterocycles. The quantitative estimate of drug-likeness (QED) is 0.746. The van der Waals surface area contributed by atoms with Gasteiger partial charge in [-0.1, -0.05) is 44.2 Å². The molecule has 27 heavy (non-hydrogen) atoms. The fraction of sp³-hybridized carbons (Fsp3) is 0.636. The summed E-state index contributed by atoms with van der Waals surface area (Å²) in [6.45, 7) is 9.93. The standard InChI is InChI=1S/C22H33NO4/c1-21(2,3)27-20(25)23-18(15-12-16(13-15)19(24)26-6)14-22(4,5)17-10-8-7-9-11-17/h7-11,15-16,18H,12-14H2,1-6H3,(H,23,25). The van der Waals surface area contributed by atoms with Gasteiger partial charge in [0.05, 0.1) is 13.0 Å². The second kappa shape index (κ2) is 8.32. The van der Waals surface area contributed by atoms with Gasteiger partial charge in [0.2, 0.25) is 0 Å². The average Bonchev–Trinajstić information content (AvgIpc) is 2.51. The van der Waals surface area contributed by atoms with Crippen LogP contribution in [0.5, 0.6) is 0 Å². The Morgan fingerprint density at radius 3 is 2.22 bits per heavy atom. The topological polar surface area (TPSA) is 64.6 Å². The van der Waals surface area contributed by atoms with Crippen LogP contribution in [-0.2, 0) is 19.7 Å². The minimum atomic E-state index is -0.544. The molecule has 5 nitrogen and oxygen atoms in total. The highest BCUT2D eigenvalue weighted by atomic mass is 16.6. The molecule has 0 bridgehead atoms. The number of esters is 1. The molecule has 0 heterocycles. The Labute approximate surface area is 162 Å². The molecular weight excluding hydrogens is 342 g/mol. The van der Waals surface area contributed by atoms with Crippen LogP contribution in [0.15, 0.2) is 30.3 Å². The molecule has 0 saturated heterocycles. The van der Waals surface area contributed by atoms with Gasteiger partial charge in [0.15, 0.2) is 0 Å². The molecule has 1 aliphatic carbocycles. The zero-order valence-electron chi connectivity index (χ0n) is 17.4.